The van der Waals surface area contributed by atoms with Crippen LogP contribution >= 0.6 is 0 Å². The van der Waals surface area contributed by atoms with Crippen molar-refractivity contribution in [3.05, 3.63) is 53.8 Å². The van der Waals surface area contributed by atoms with E-state index in [0.29, 0.717) is 24.5 Å². The molecule has 0 unspecified atom stereocenters. The summed E-state index contributed by atoms with van der Waals surface area (Å²) in [6.07, 6.45) is 3.95. The number of piperazine rings is 1. The number of amides is 1. The van der Waals surface area contributed by atoms with Gasteiger partial charge < -0.3 is 13.8 Å². The highest BCUT2D eigenvalue weighted by Gasteiger charge is 2.24. The molecular weight excluding hydrogens is 306 g/mol. The van der Waals surface area contributed by atoms with Crippen molar-refractivity contribution in [3.8, 4) is 0 Å². The standard InChI is InChI=1S/C17H19N5O2/c1-13-10-15(19-24-13)17(23)21-8-6-20(7-9-21)12-14-11-18-16-4-2-3-5-22(14)16/h2-5,10-11H,6-9,12H2,1H3. The second-order valence-electron chi connectivity index (χ2n) is 6.07. The van der Waals surface area contributed by atoms with Gasteiger partial charge in [-0.15, -0.1) is 0 Å². The highest BCUT2D eigenvalue weighted by Crippen LogP contribution is 2.13. The Bertz CT molecular complexity index is 861. The molecule has 4 heterocycles. The molecule has 1 saturated heterocycles. The van der Waals surface area contributed by atoms with Crippen molar-refractivity contribution in [2.45, 2.75) is 13.5 Å². The third-order valence-corrected chi connectivity index (χ3v) is 4.39. The van der Waals surface area contributed by atoms with Gasteiger partial charge in [0.2, 0.25) is 0 Å². The number of imidazole rings is 1. The minimum atomic E-state index is -0.0543. The van der Waals surface area contributed by atoms with Crippen LogP contribution < -0.4 is 0 Å². The molecule has 4 rings (SSSR count). The average Bonchev–Trinajstić information content (AvgIpc) is 3.22. The van der Waals surface area contributed by atoms with Crippen molar-refractivity contribution in [1.29, 1.82) is 0 Å². The van der Waals surface area contributed by atoms with Gasteiger partial charge >= 0.3 is 0 Å². The number of rotatable bonds is 3. The number of hydrogen-bond acceptors (Lipinski definition) is 5. The number of hydrogen-bond donors (Lipinski definition) is 0. The average molecular weight is 325 g/mol. The molecule has 7 nitrogen and oxygen atoms in total. The molecule has 124 valence electrons. The maximum absolute atomic E-state index is 12.4. The summed E-state index contributed by atoms with van der Waals surface area (Å²) in [6.45, 7) is 5.68. The lowest BCUT2D eigenvalue weighted by Gasteiger charge is -2.34. The molecule has 0 aliphatic carbocycles. The van der Waals surface area contributed by atoms with Gasteiger partial charge in [-0.2, -0.15) is 0 Å². The van der Waals surface area contributed by atoms with Crippen LogP contribution in [0.4, 0.5) is 0 Å². The Morgan fingerprint density at radius 3 is 2.83 bits per heavy atom. The van der Waals surface area contributed by atoms with Crippen LogP contribution in [0, 0.1) is 6.92 Å². The molecule has 3 aromatic heterocycles. The molecule has 0 N–H and O–H groups in total. The first-order valence-corrected chi connectivity index (χ1v) is 8.06. The summed E-state index contributed by atoms with van der Waals surface area (Å²) in [5, 5.41) is 3.81. The SMILES string of the molecule is Cc1cc(C(=O)N2CCN(Cc3cnc4ccccn34)CC2)no1. The Morgan fingerprint density at radius 1 is 1.25 bits per heavy atom. The maximum atomic E-state index is 12.4. The highest BCUT2D eigenvalue weighted by molar-refractivity contribution is 5.92. The zero-order valence-electron chi connectivity index (χ0n) is 13.6. The van der Waals surface area contributed by atoms with E-state index in [4.69, 9.17) is 4.52 Å². The van der Waals surface area contributed by atoms with Crippen molar-refractivity contribution < 1.29 is 9.32 Å². The van der Waals surface area contributed by atoms with E-state index in [1.54, 1.807) is 13.0 Å². The Kier molecular flexibility index (Phi) is 3.78. The van der Waals surface area contributed by atoms with Crippen molar-refractivity contribution in [2.75, 3.05) is 26.2 Å². The Labute approximate surface area is 139 Å². The summed E-state index contributed by atoms with van der Waals surface area (Å²) >= 11 is 0. The third kappa shape index (κ3) is 2.78. The lowest BCUT2D eigenvalue weighted by Crippen LogP contribution is -2.48. The summed E-state index contributed by atoms with van der Waals surface area (Å²) in [5.74, 6) is 0.603. The molecular formula is C17H19N5O2. The Balaban J connectivity index is 1.38. The minimum Gasteiger partial charge on any atom is -0.361 e. The minimum absolute atomic E-state index is 0.0543. The van der Waals surface area contributed by atoms with Crippen LogP contribution in [0.1, 0.15) is 21.9 Å². The number of aryl methyl sites for hydroxylation is 1. The van der Waals surface area contributed by atoms with Crippen molar-refractivity contribution in [1.82, 2.24) is 24.3 Å². The number of aromatic nitrogens is 3. The number of pyridine rings is 1. The predicted molar refractivity (Wildman–Crippen MR) is 87.6 cm³/mol. The Hall–Kier alpha value is -2.67. The Morgan fingerprint density at radius 2 is 2.08 bits per heavy atom. The number of fused-ring (bicyclic) bond motifs is 1. The second-order valence-corrected chi connectivity index (χ2v) is 6.07. The quantitative estimate of drug-likeness (QED) is 0.731. The van der Waals surface area contributed by atoms with E-state index in [0.717, 1.165) is 31.0 Å². The van der Waals surface area contributed by atoms with E-state index >= 15 is 0 Å². The maximum Gasteiger partial charge on any atom is 0.276 e. The molecule has 0 atom stereocenters. The van der Waals surface area contributed by atoms with Crippen molar-refractivity contribution in [3.63, 3.8) is 0 Å². The van der Waals surface area contributed by atoms with Gasteiger partial charge in [0.1, 0.15) is 11.4 Å². The fourth-order valence-electron chi connectivity index (χ4n) is 3.07. The van der Waals surface area contributed by atoms with Crippen LogP contribution in [0.2, 0.25) is 0 Å². The molecule has 1 aliphatic heterocycles. The number of nitrogens with zero attached hydrogens (tertiary/aromatic N) is 5. The van der Waals surface area contributed by atoms with E-state index in [1.807, 2.05) is 35.5 Å². The molecule has 3 aromatic rings. The van der Waals surface area contributed by atoms with Gasteiger partial charge in [-0.3, -0.25) is 9.69 Å². The molecule has 0 saturated carbocycles. The van der Waals surface area contributed by atoms with E-state index in [9.17, 15) is 4.79 Å². The van der Waals surface area contributed by atoms with Crippen LogP contribution in [0.5, 0.6) is 0 Å². The summed E-state index contributed by atoms with van der Waals surface area (Å²) in [4.78, 5) is 21.0. The molecule has 0 spiro atoms. The van der Waals surface area contributed by atoms with E-state index in [-0.39, 0.29) is 5.91 Å². The molecule has 0 aromatic carbocycles. The topological polar surface area (TPSA) is 66.9 Å². The second kappa shape index (κ2) is 6.09. The fourth-order valence-corrected chi connectivity index (χ4v) is 3.07. The van der Waals surface area contributed by atoms with Gasteiger partial charge in [-0.25, -0.2) is 4.98 Å². The molecule has 1 fully saturated rings. The van der Waals surface area contributed by atoms with Gasteiger partial charge in [0.15, 0.2) is 5.69 Å². The smallest absolute Gasteiger partial charge is 0.276 e. The number of carbonyl (C=O) groups excluding carboxylic acids is 1. The summed E-state index contributed by atoms with van der Waals surface area (Å²) in [6, 6.07) is 7.68. The highest BCUT2D eigenvalue weighted by atomic mass is 16.5. The van der Waals surface area contributed by atoms with Gasteiger partial charge in [0.25, 0.3) is 5.91 Å². The lowest BCUT2D eigenvalue weighted by molar-refractivity contribution is 0.0616. The van der Waals surface area contributed by atoms with E-state index < -0.39 is 0 Å². The normalized spacial score (nSPS) is 16.0. The summed E-state index contributed by atoms with van der Waals surface area (Å²) in [7, 11) is 0. The van der Waals surface area contributed by atoms with Gasteiger partial charge in [-0.1, -0.05) is 11.2 Å². The summed E-state index contributed by atoms with van der Waals surface area (Å²) in [5.41, 5.74) is 2.52. The molecule has 0 radical (unpaired) electrons. The first-order chi connectivity index (χ1) is 11.7. The van der Waals surface area contributed by atoms with Crippen molar-refractivity contribution >= 4 is 11.6 Å². The van der Waals surface area contributed by atoms with E-state index in [2.05, 4.69) is 19.4 Å². The van der Waals surface area contributed by atoms with E-state index in [1.165, 1.54) is 0 Å². The lowest BCUT2D eigenvalue weighted by atomic mass is 10.2. The zero-order valence-corrected chi connectivity index (χ0v) is 13.6. The van der Waals surface area contributed by atoms with Crippen LogP contribution in [0.25, 0.3) is 5.65 Å². The number of carbonyl (C=O) groups is 1. The van der Waals surface area contributed by atoms with Crippen molar-refractivity contribution in [2.24, 2.45) is 0 Å². The fraction of sp³-hybridized carbons (Fsp3) is 0.353. The largest absolute Gasteiger partial charge is 0.361 e. The van der Waals surface area contributed by atoms with Crippen LogP contribution in [0.15, 0.2) is 41.2 Å². The van der Waals surface area contributed by atoms with Crippen LogP contribution in [-0.4, -0.2) is 56.4 Å². The van der Waals surface area contributed by atoms with Crippen LogP contribution in [0.3, 0.4) is 0 Å². The monoisotopic (exact) mass is 325 g/mol. The van der Waals surface area contributed by atoms with Crippen LogP contribution in [-0.2, 0) is 6.54 Å². The van der Waals surface area contributed by atoms with Gasteiger partial charge in [0.05, 0.1) is 11.9 Å². The first-order valence-electron chi connectivity index (χ1n) is 8.06. The van der Waals surface area contributed by atoms with Gasteiger partial charge in [0, 0.05) is 45.0 Å². The first kappa shape index (κ1) is 14.9. The molecule has 0 bridgehead atoms. The third-order valence-electron chi connectivity index (χ3n) is 4.39. The summed E-state index contributed by atoms with van der Waals surface area (Å²) < 4.78 is 7.10. The zero-order chi connectivity index (χ0) is 16.5. The predicted octanol–water partition coefficient (Wildman–Crippen LogP) is 1.59. The van der Waals surface area contributed by atoms with Gasteiger partial charge in [-0.05, 0) is 19.1 Å². The molecule has 1 amide bonds. The molecule has 7 heteroatoms. The molecule has 1 aliphatic rings. The molecule has 24 heavy (non-hydrogen) atoms.